The first-order chi connectivity index (χ1) is 10.2. The molecule has 2 aromatic rings. The summed E-state index contributed by atoms with van der Waals surface area (Å²) in [5.41, 5.74) is 2.18. The molecule has 0 bridgehead atoms. The molecule has 5 nitrogen and oxygen atoms in total. The molecule has 1 aliphatic heterocycles. The molecule has 1 amide bonds. The van der Waals surface area contributed by atoms with Gasteiger partial charge in [0.15, 0.2) is 0 Å². The van der Waals surface area contributed by atoms with E-state index in [-0.39, 0.29) is 18.1 Å². The van der Waals surface area contributed by atoms with Crippen LogP contribution in [0.3, 0.4) is 0 Å². The molecule has 3 N–H and O–H groups in total. The molecule has 21 heavy (non-hydrogen) atoms. The molecule has 0 atom stereocenters. The zero-order valence-corrected chi connectivity index (χ0v) is 12.2. The van der Waals surface area contributed by atoms with Gasteiger partial charge >= 0.3 is 0 Å². The maximum absolute atomic E-state index is 11.8. The van der Waals surface area contributed by atoms with E-state index in [2.05, 4.69) is 27.8 Å². The fourth-order valence-corrected chi connectivity index (χ4v) is 2.54. The number of carbonyl (C=O) groups is 1. The molecule has 1 aromatic heterocycles. The molecule has 112 valence electrons. The monoisotopic (exact) mass is 287 g/mol. The van der Waals surface area contributed by atoms with Gasteiger partial charge in [0.2, 0.25) is 5.91 Å². The third-order valence-corrected chi connectivity index (χ3v) is 3.94. The van der Waals surface area contributed by atoms with Gasteiger partial charge in [0, 0.05) is 36.7 Å². The van der Waals surface area contributed by atoms with Crippen LogP contribution in [0.15, 0.2) is 30.5 Å². The van der Waals surface area contributed by atoms with E-state index in [1.165, 1.54) is 10.9 Å². The normalized spacial score (nSPS) is 16.6. The number of nitrogens with one attached hydrogen (secondary N) is 3. The van der Waals surface area contributed by atoms with Crippen molar-refractivity contribution < 1.29 is 9.53 Å². The maximum atomic E-state index is 11.8. The molecule has 0 aliphatic carbocycles. The summed E-state index contributed by atoms with van der Waals surface area (Å²) in [7, 11) is 0. The third kappa shape index (κ3) is 3.25. The van der Waals surface area contributed by atoms with Crippen molar-refractivity contribution in [3.63, 3.8) is 0 Å². The zero-order valence-electron chi connectivity index (χ0n) is 12.2. The Balaban J connectivity index is 1.44. The quantitative estimate of drug-likeness (QED) is 0.748. The van der Waals surface area contributed by atoms with Gasteiger partial charge in [-0.3, -0.25) is 4.79 Å². The van der Waals surface area contributed by atoms with Crippen LogP contribution in [0, 0.1) is 0 Å². The Morgan fingerprint density at radius 2 is 2.19 bits per heavy atom. The lowest BCUT2D eigenvalue weighted by atomic mass is 10.0. The van der Waals surface area contributed by atoms with Gasteiger partial charge in [0.25, 0.3) is 0 Å². The standard InChI is InChI=1S/C16H21N3O2/c1-16(10-17-11-16)21-9-15(20)18-7-6-12-8-19-14-5-3-2-4-13(12)14/h2-5,8,17,19H,6-7,9-11H2,1H3,(H,18,20). The molecule has 0 saturated carbocycles. The highest BCUT2D eigenvalue weighted by Crippen LogP contribution is 2.17. The van der Waals surface area contributed by atoms with E-state index in [0.717, 1.165) is 25.0 Å². The zero-order chi connectivity index (χ0) is 14.7. The molecule has 2 heterocycles. The van der Waals surface area contributed by atoms with Crippen LogP contribution in [0.2, 0.25) is 0 Å². The molecule has 1 fully saturated rings. The van der Waals surface area contributed by atoms with Crippen molar-refractivity contribution in [2.75, 3.05) is 26.2 Å². The fourth-order valence-electron chi connectivity index (χ4n) is 2.54. The maximum Gasteiger partial charge on any atom is 0.246 e. The van der Waals surface area contributed by atoms with Crippen LogP contribution in [-0.4, -0.2) is 42.7 Å². The van der Waals surface area contributed by atoms with Gasteiger partial charge in [-0.25, -0.2) is 0 Å². The molecule has 3 rings (SSSR count). The number of H-pyrrole nitrogens is 1. The highest BCUT2D eigenvalue weighted by Gasteiger charge is 2.32. The summed E-state index contributed by atoms with van der Waals surface area (Å²) in [6.07, 6.45) is 2.82. The first kappa shape index (κ1) is 14.1. The minimum atomic E-state index is -0.172. The third-order valence-electron chi connectivity index (χ3n) is 3.94. The smallest absolute Gasteiger partial charge is 0.246 e. The summed E-state index contributed by atoms with van der Waals surface area (Å²) in [5.74, 6) is -0.0528. The summed E-state index contributed by atoms with van der Waals surface area (Å²) in [6, 6.07) is 8.19. The van der Waals surface area contributed by atoms with Crippen LogP contribution < -0.4 is 10.6 Å². The fraction of sp³-hybridized carbons (Fsp3) is 0.438. The molecule has 0 unspecified atom stereocenters. The molecular weight excluding hydrogens is 266 g/mol. The first-order valence-electron chi connectivity index (χ1n) is 7.33. The van der Waals surface area contributed by atoms with Crippen LogP contribution in [0.5, 0.6) is 0 Å². The van der Waals surface area contributed by atoms with Gasteiger partial charge in [0.05, 0.1) is 5.60 Å². The van der Waals surface area contributed by atoms with E-state index in [4.69, 9.17) is 4.74 Å². The number of hydrogen-bond acceptors (Lipinski definition) is 3. The van der Waals surface area contributed by atoms with Gasteiger partial charge in [0.1, 0.15) is 6.61 Å². The summed E-state index contributed by atoms with van der Waals surface area (Å²) >= 11 is 0. The molecule has 0 spiro atoms. The molecule has 0 radical (unpaired) electrons. The van der Waals surface area contributed by atoms with Gasteiger partial charge < -0.3 is 20.4 Å². The second-order valence-corrected chi connectivity index (χ2v) is 5.80. The second-order valence-electron chi connectivity index (χ2n) is 5.80. The van der Waals surface area contributed by atoms with E-state index < -0.39 is 0 Å². The summed E-state index contributed by atoms with van der Waals surface area (Å²) in [5, 5.41) is 7.27. The predicted octanol–water partition coefficient (Wildman–Crippen LogP) is 1.21. The summed E-state index contributed by atoms with van der Waals surface area (Å²) in [4.78, 5) is 15.0. The summed E-state index contributed by atoms with van der Waals surface area (Å²) in [6.45, 7) is 4.40. The number of rotatable bonds is 6. The van der Waals surface area contributed by atoms with Crippen molar-refractivity contribution >= 4 is 16.8 Å². The lowest BCUT2D eigenvalue weighted by molar-refractivity contribution is -0.135. The Bertz CT molecular complexity index is 631. The average molecular weight is 287 g/mol. The van der Waals surface area contributed by atoms with Crippen molar-refractivity contribution in [3.05, 3.63) is 36.0 Å². The van der Waals surface area contributed by atoms with Crippen molar-refractivity contribution in [1.82, 2.24) is 15.6 Å². The lowest BCUT2D eigenvalue weighted by Gasteiger charge is -2.38. The van der Waals surface area contributed by atoms with Crippen LogP contribution in [0.1, 0.15) is 12.5 Å². The van der Waals surface area contributed by atoms with Gasteiger partial charge in [-0.1, -0.05) is 18.2 Å². The number of aromatic amines is 1. The Kier molecular flexibility index (Phi) is 3.94. The van der Waals surface area contributed by atoms with Crippen LogP contribution >= 0.6 is 0 Å². The number of benzene rings is 1. The molecular formula is C16H21N3O2. The van der Waals surface area contributed by atoms with Crippen LogP contribution in [0.25, 0.3) is 10.9 Å². The van der Waals surface area contributed by atoms with Gasteiger partial charge in [-0.15, -0.1) is 0 Å². The number of fused-ring (bicyclic) bond motifs is 1. The van der Waals surface area contributed by atoms with Crippen molar-refractivity contribution in [2.24, 2.45) is 0 Å². The van der Waals surface area contributed by atoms with E-state index >= 15 is 0 Å². The minimum absolute atomic E-state index is 0.0528. The van der Waals surface area contributed by atoms with Crippen molar-refractivity contribution in [1.29, 1.82) is 0 Å². The highest BCUT2D eigenvalue weighted by molar-refractivity contribution is 5.83. The molecule has 5 heteroatoms. The van der Waals surface area contributed by atoms with Gasteiger partial charge in [-0.05, 0) is 25.0 Å². The van der Waals surface area contributed by atoms with Gasteiger partial charge in [-0.2, -0.15) is 0 Å². The average Bonchev–Trinajstić information content (AvgIpc) is 2.87. The van der Waals surface area contributed by atoms with Crippen molar-refractivity contribution in [3.8, 4) is 0 Å². The highest BCUT2D eigenvalue weighted by atomic mass is 16.5. The molecule has 1 aromatic carbocycles. The van der Waals surface area contributed by atoms with E-state index in [1.54, 1.807) is 0 Å². The number of amides is 1. The van der Waals surface area contributed by atoms with E-state index in [1.807, 2.05) is 25.3 Å². The van der Waals surface area contributed by atoms with E-state index in [9.17, 15) is 4.79 Å². The first-order valence-corrected chi connectivity index (χ1v) is 7.33. The number of carbonyl (C=O) groups excluding carboxylic acids is 1. The molecule has 1 saturated heterocycles. The number of para-hydroxylation sites is 1. The number of hydrogen-bond donors (Lipinski definition) is 3. The Morgan fingerprint density at radius 3 is 2.95 bits per heavy atom. The van der Waals surface area contributed by atoms with Crippen LogP contribution in [-0.2, 0) is 16.0 Å². The predicted molar refractivity (Wildman–Crippen MR) is 82.2 cm³/mol. The topological polar surface area (TPSA) is 66.1 Å². The molecule has 1 aliphatic rings. The van der Waals surface area contributed by atoms with E-state index in [0.29, 0.717) is 6.54 Å². The van der Waals surface area contributed by atoms with Crippen molar-refractivity contribution in [2.45, 2.75) is 18.9 Å². The second kappa shape index (κ2) is 5.87. The largest absolute Gasteiger partial charge is 0.363 e. The lowest BCUT2D eigenvalue weighted by Crippen LogP contribution is -2.59. The Morgan fingerprint density at radius 1 is 1.38 bits per heavy atom. The SMILES string of the molecule is CC1(OCC(=O)NCCc2c[nH]c3ccccc23)CNC1. The van der Waals surface area contributed by atoms with Crippen LogP contribution in [0.4, 0.5) is 0 Å². The Hall–Kier alpha value is -1.85. The minimum Gasteiger partial charge on any atom is -0.363 e. The number of aromatic nitrogens is 1. The Labute approximate surface area is 124 Å². The summed E-state index contributed by atoms with van der Waals surface area (Å²) < 4.78 is 5.60. The number of ether oxygens (including phenoxy) is 1.